The van der Waals surface area contributed by atoms with E-state index in [4.69, 9.17) is 0 Å². The number of carbonyl (C=O) groups excluding carboxylic acids is 1. The Hall–Kier alpha value is -1.44. The standard InChI is InChI=1S/C10H9NO/c12-7-8-5-6-11-10-4-2-1-3-9(8)10/h1-4,7H,5-6H2. The molecule has 0 aromatic heterocycles. The monoisotopic (exact) mass is 159 g/mol. The minimum atomic E-state index is 0.741. The second-order valence-corrected chi connectivity index (χ2v) is 2.79. The van der Waals surface area contributed by atoms with Gasteiger partial charge in [0, 0.05) is 17.3 Å². The maximum atomic E-state index is 10.6. The third kappa shape index (κ3) is 1.05. The van der Waals surface area contributed by atoms with E-state index in [1.807, 2.05) is 24.3 Å². The molecule has 0 unspecified atom stereocenters. The van der Waals surface area contributed by atoms with E-state index < -0.39 is 0 Å². The zero-order valence-electron chi connectivity index (χ0n) is 6.66. The van der Waals surface area contributed by atoms with Gasteiger partial charge in [-0.05, 0) is 12.5 Å². The van der Waals surface area contributed by atoms with Gasteiger partial charge in [-0.1, -0.05) is 18.2 Å². The summed E-state index contributed by atoms with van der Waals surface area (Å²) < 4.78 is 0. The van der Waals surface area contributed by atoms with Gasteiger partial charge in [0.25, 0.3) is 0 Å². The number of rotatable bonds is 1. The normalized spacial score (nSPS) is 14.8. The molecule has 12 heavy (non-hydrogen) atoms. The molecule has 1 aliphatic rings. The Labute approximate surface area is 70.3 Å². The van der Waals surface area contributed by atoms with Crippen molar-refractivity contribution >= 4 is 11.9 Å². The van der Waals surface area contributed by atoms with Crippen LogP contribution in [0.2, 0.25) is 0 Å². The van der Waals surface area contributed by atoms with Crippen LogP contribution in [0.5, 0.6) is 0 Å². The van der Waals surface area contributed by atoms with Gasteiger partial charge in [-0.15, -0.1) is 0 Å². The number of carbonyl (C=O) groups is 1. The Morgan fingerprint density at radius 3 is 3.00 bits per heavy atom. The molecule has 0 N–H and O–H groups in total. The minimum absolute atomic E-state index is 0.741. The molecule has 1 aromatic rings. The lowest BCUT2D eigenvalue weighted by molar-refractivity contribution is -0.103. The molecule has 0 atom stereocenters. The summed E-state index contributed by atoms with van der Waals surface area (Å²) >= 11 is 0. The average Bonchev–Trinajstić information content (AvgIpc) is 2.17. The highest BCUT2D eigenvalue weighted by molar-refractivity contribution is 5.98. The molecule has 2 nitrogen and oxygen atoms in total. The Morgan fingerprint density at radius 1 is 1.33 bits per heavy atom. The number of hydrogen-bond donors (Lipinski definition) is 0. The van der Waals surface area contributed by atoms with Crippen LogP contribution >= 0.6 is 0 Å². The van der Waals surface area contributed by atoms with Crippen LogP contribution in [0.3, 0.4) is 0 Å². The molecule has 1 heterocycles. The summed E-state index contributed by atoms with van der Waals surface area (Å²) in [7, 11) is 0. The summed E-state index contributed by atoms with van der Waals surface area (Å²) in [5.41, 5.74) is 0.876. The number of benzene rings is 1. The Kier molecular flexibility index (Phi) is 1.74. The van der Waals surface area contributed by atoms with Gasteiger partial charge in [0.2, 0.25) is 0 Å². The smallest absolute Gasteiger partial charge is 0.146 e. The van der Waals surface area contributed by atoms with Gasteiger partial charge in [-0.3, -0.25) is 9.79 Å². The SMILES string of the molecule is O=CC1=c2ccccc2=NCC1. The summed E-state index contributed by atoms with van der Waals surface area (Å²) in [5, 5.41) is 1.95. The molecule has 0 fully saturated rings. The molecule has 0 saturated heterocycles. The van der Waals surface area contributed by atoms with Crippen LogP contribution in [0.15, 0.2) is 29.3 Å². The predicted octanol–water partition coefficient (Wildman–Crippen LogP) is 0.0595. The highest BCUT2D eigenvalue weighted by Gasteiger charge is 2.02. The third-order valence-electron chi connectivity index (χ3n) is 2.06. The first-order chi connectivity index (χ1) is 5.92. The molecule has 1 aromatic carbocycles. The second-order valence-electron chi connectivity index (χ2n) is 2.79. The quantitative estimate of drug-likeness (QED) is 0.533. The van der Waals surface area contributed by atoms with E-state index in [1.54, 1.807) is 0 Å². The summed E-state index contributed by atoms with van der Waals surface area (Å²) in [5.74, 6) is 0. The molecule has 60 valence electrons. The maximum Gasteiger partial charge on any atom is 0.146 e. The fraction of sp³-hybridized carbons (Fsp3) is 0.200. The van der Waals surface area contributed by atoms with Gasteiger partial charge in [0.1, 0.15) is 6.29 Å². The van der Waals surface area contributed by atoms with Crippen molar-refractivity contribution in [1.29, 1.82) is 0 Å². The van der Waals surface area contributed by atoms with Gasteiger partial charge >= 0.3 is 0 Å². The zero-order valence-corrected chi connectivity index (χ0v) is 6.66. The van der Waals surface area contributed by atoms with Crippen molar-refractivity contribution in [2.45, 2.75) is 6.42 Å². The molecule has 0 bridgehead atoms. The first kappa shape index (κ1) is 7.22. The predicted molar refractivity (Wildman–Crippen MR) is 46.2 cm³/mol. The van der Waals surface area contributed by atoms with E-state index in [2.05, 4.69) is 4.99 Å². The van der Waals surface area contributed by atoms with Crippen LogP contribution in [0.25, 0.3) is 5.57 Å². The highest BCUT2D eigenvalue weighted by Crippen LogP contribution is 1.97. The number of fused-ring (bicyclic) bond motifs is 1. The molecular formula is C10H9NO. The molecular weight excluding hydrogens is 150 g/mol. The van der Waals surface area contributed by atoms with Crippen molar-refractivity contribution in [2.75, 3.05) is 6.54 Å². The van der Waals surface area contributed by atoms with Gasteiger partial charge < -0.3 is 0 Å². The zero-order chi connectivity index (χ0) is 8.39. The molecule has 0 aliphatic carbocycles. The summed E-state index contributed by atoms with van der Waals surface area (Å²) in [6.07, 6.45) is 1.72. The van der Waals surface area contributed by atoms with Gasteiger partial charge in [-0.25, -0.2) is 0 Å². The maximum absolute atomic E-state index is 10.6. The molecule has 1 aliphatic heterocycles. The summed E-state index contributed by atoms with van der Waals surface area (Å²) in [4.78, 5) is 15.0. The molecule has 0 radical (unpaired) electrons. The van der Waals surface area contributed by atoms with Gasteiger partial charge in [0.05, 0.1) is 5.36 Å². The number of aldehydes is 1. The van der Waals surface area contributed by atoms with Crippen molar-refractivity contribution in [3.8, 4) is 0 Å². The van der Waals surface area contributed by atoms with Crippen molar-refractivity contribution in [1.82, 2.24) is 0 Å². The summed E-state index contributed by atoms with van der Waals surface area (Å²) in [6, 6.07) is 7.76. The van der Waals surface area contributed by atoms with E-state index in [1.165, 1.54) is 0 Å². The van der Waals surface area contributed by atoms with Crippen molar-refractivity contribution in [3.63, 3.8) is 0 Å². The number of para-hydroxylation sites is 1. The van der Waals surface area contributed by atoms with Crippen LogP contribution in [-0.4, -0.2) is 12.8 Å². The Bertz CT molecular complexity index is 420. The van der Waals surface area contributed by atoms with E-state index in [0.717, 1.165) is 35.4 Å². The molecule has 0 spiro atoms. The van der Waals surface area contributed by atoms with Gasteiger partial charge in [-0.2, -0.15) is 0 Å². The first-order valence-electron chi connectivity index (χ1n) is 4.00. The largest absolute Gasteiger partial charge is 0.298 e. The van der Waals surface area contributed by atoms with E-state index in [0.29, 0.717) is 0 Å². The van der Waals surface area contributed by atoms with Gasteiger partial charge in [0.15, 0.2) is 0 Å². The lowest BCUT2D eigenvalue weighted by Crippen LogP contribution is -2.30. The van der Waals surface area contributed by atoms with Crippen LogP contribution < -0.4 is 10.6 Å². The van der Waals surface area contributed by atoms with Crippen LogP contribution in [0, 0.1) is 0 Å². The minimum Gasteiger partial charge on any atom is -0.298 e. The Balaban J connectivity index is 2.87. The van der Waals surface area contributed by atoms with Crippen LogP contribution in [-0.2, 0) is 4.79 Å². The van der Waals surface area contributed by atoms with Crippen molar-refractivity contribution < 1.29 is 4.79 Å². The molecule has 0 amide bonds. The van der Waals surface area contributed by atoms with Crippen LogP contribution in [0.1, 0.15) is 6.42 Å². The average molecular weight is 159 g/mol. The summed E-state index contributed by atoms with van der Waals surface area (Å²) in [6.45, 7) is 0.741. The fourth-order valence-electron chi connectivity index (χ4n) is 1.44. The first-order valence-corrected chi connectivity index (χ1v) is 4.00. The van der Waals surface area contributed by atoms with Crippen LogP contribution in [0.4, 0.5) is 0 Å². The molecule has 0 saturated carbocycles. The Morgan fingerprint density at radius 2 is 2.17 bits per heavy atom. The number of hydrogen-bond acceptors (Lipinski definition) is 2. The van der Waals surface area contributed by atoms with Crippen molar-refractivity contribution in [3.05, 3.63) is 34.8 Å². The van der Waals surface area contributed by atoms with E-state index in [9.17, 15) is 4.79 Å². The molecule has 2 rings (SSSR count). The highest BCUT2D eigenvalue weighted by atomic mass is 16.1. The lowest BCUT2D eigenvalue weighted by Gasteiger charge is -2.03. The van der Waals surface area contributed by atoms with E-state index in [-0.39, 0.29) is 0 Å². The topological polar surface area (TPSA) is 29.4 Å². The third-order valence-corrected chi connectivity index (χ3v) is 2.06. The van der Waals surface area contributed by atoms with E-state index >= 15 is 0 Å². The lowest BCUT2D eigenvalue weighted by atomic mass is 10.1. The van der Waals surface area contributed by atoms with Crippen molar-refractivity contribution in [2.24, 2.45) is 4.99 Å². The number of nitrogens with zero attached hydrogens (tertiary/aromatic N) is 1. The second kappa shape index (κ2) is 2.89. The fourth-order valence-corrected chi connectivity index (χ4v) is 1.44. The molecule has 2 heteroatoms.